The zero-order valence-corrected chi connectivity index (χ0v) is 12.0. The number of amides is 1. The van der Waals surface area contributed by atoms with Gasteiger partial charge < -0.3 is 11.1 Å². The Bertz CT molecular complexity index is 492. The molecule has 3 nitrogen and oxygen atoms in total. The first-order valence-electron chi connectivity index (χ1n) is 7.84. The molecule has 1 atom stereocenters. The van der Waals surface area contributed by atoms with Crippen molar-refractivity contribution in [1.82, 2.24) is 5.32 Å². The summed E-state index contributed by atoms with van der Waals surface area (Å²) in [4.78, 5) is 12.7. The van der Waals surface area contributed by atoms with E-state index in [2.05, 4.69) is 23.5 Å². The van der Waals surface area contributed by atoms with E-state index in [4.69, 9.17) is 5.73 Å². The summed E-state index contributed by atoms with van der Waals surface area (Å²) in [6, 6.07) is 8.38. The third-order valence-electron chi connectivity index (χ3n) is 5.03. The number of nitrogens with one attached hydrogen (secondary N) is 1. The lowest BCUT2D eigenvalue weighted by molar-refractivity contribution is -0.124. The maximum Gasteiger partial charge on any atom is 0.228 e. The minimum Gasteiger partial charge on any atom is -0.349 e. The van der Waals surface area contributed by atoms with Gasteiger partial charge in [-0.3, -0.25) is 4.79 Å². The molecule has 0 aromatic heterocycles. The fourth-order valence-electron chi connectivity index (χ4n) is 3.81. The van der Waals surface area contributed by atoms with Crippen LogP contribution in [0.5, 0.6) is 0 Å². The van der Waals surface area contributed by atoms with Crippen LogP contribution in [-0.4, -0.2) is 18.0 Å². The summed E-state index contributed by atoms with van der Waals surface area (Å²) in [5.41, 5.74) is 8.35. The Hall–Kier alpha value is -1.35. The van der Waals surface area contributed by atoms with E-state index < -0.39 is 0 Å². The van der Waals surface area contributed by atoms with Crippen molar-refractivity contribution in [1.29, 1.82) is 0 Å². The maximum atomic E-state index is 12.7. The second-order valence-corrected chi connectivity index (χ2v) is 6.32. The number of rotatable bonds is 3. The lowest BCUT2D eigenvalue weighted by atomic mass is 9.81. The first kappa shape index (κ1) is 13.6. The van der Waals surface area contributed by atoms with Gasteiger partial charge >= 0.3 is 0 Å². The highest BCUT2D eigenvalue weighted by Crippen LogP contribution is 2.34. The number of benzene rings is 1. The van der Waals surface area contributed by atoms with Gasteiger partial charge in [-0.05, 0) is 43.2 Å². The van der Waals surface area contributed by atoms with Crippen molar-refractivity contribution in [2.45, 2.75) is 56.4 Å². The van der Waals surface area contributed by atoms with E-state index in [1.165, 1.54) is 24.0 Å². The lowest BCUT2D eigenvalue weighted by Gasteiger charge is -2.32. The standard InChI is InChI=1S/C17H24N2O/c18-12-17(10-3-4-11-17)19-16(20)15-9-5-7-13-6-1-2-8-14(13)15/h1-2,6,8,15H,3-5,7,9-12,18H2,(H,19,20). The number of aryl methyl sites for hydroxylation is 1. The molecular formula is C17H24N2O. The molecule has 2 aliphatic carbocycles. The molecule has 0 radical (unpaired) electrons. The number of hydrogen-bond acceptors (Lipinski definition) is 2. The molecule has 1 saturated carbocycles. The maximum absolute atomic E-state index is 12.7. The number of fused-ring (bicyclic) bond motifs is 1. The summed E-state index contributed by atoms with van der Waals surface area (Å²) in [6.45, 7) is 0.563. The fourth-order valence-corrected chi connectivity index (χ4v) is 3.81. The van der Waals surface area contributed by atoms with E-state index in [1.54, 1.807) is 0 Å². The molecular weight excluding hydrogens is 248 g/mol. The minimum atomic E-state index is -0.135. The van der Waals surface area contributed by atoms with E-state index in [0.717, 1.165) is 32.1 Å². The summed E-state index contributed by atoms with van der Waals surface area (Å²) in [5, 5.41) is 3.29. The summed E-state index contributed by atoms with van der Waals surface area (Å²) in [5.74, 6) is 0.202. The van der Waals surface area contributed by atoms with E-state index in [1.807, 2.05) is 6.07 Å². The molecule has 0 spiro atoms. The molecule has 3 rings (SSSR count). The first-order chi connectivity index (χ1) is 9.74. The Morgan fingerprint density at radius 1 is 1.25 bits per heavy atom. The van der Waals surface area contributed by atoms with Crippen LogP contribution in [0, 0.1) is 0 Å². The summed E-state index contributed by atoms with van der Waals surface area (Å²) in [6.07, 6.45) is 7.58. The highest BCUT2D eigenvalue weighted by atomic mass is 16.2. The molecule has 108 valence electrons. The Balaban J connectivity index is 1.78. The van der Waals surface area contributed by atoms with Crippen molar-refractivity contribution >= 4 is 5.91 Å². The van der Waals surface area contributed by atoms with Crippen LogP contribution < -0.4 is 11.1 Å². The third kappa shape index (κ3) is 2.47. The van der Waals surface area contributed by atoms with E-state index >= 15 is 0 Å². The van der Waals surface area contributed by atoms with Crippen LogP contribution in [0.3, 0.4) is 0 Å². The highest BCUT2D eigenvalue weighted by molar-refractivity contribution is 5.85. The molecule has 1 aromatic rings. The highest BCUT2D eigenvalue weighted by Gasteiger charge is 2.36. The second kappa shape index (κ2) is 5.57. The molecule has 20 heavy (non-hydrogen) atoms. The van der Waals surface area contributed by atoms with E-state index in [-0.39, 0.29) is 17.4 Å². The van der Waals surface area contributed by atoms with E-state index in [0.29, 0.717) is 6.54 Å². The van der Waals surface area contributed by atoms with Crippen molar-refractivity contribution in [3.8, 4) is 0 Å². The molecule has 1 fully saturated rings. The predicted molar refractivity (Wildman–Crippen MR) is 80.5 cm³/mol. The van der Waals surface area contributed by atoms with Crippen LogP contribution in [-0.2, 0) is 11.2 Å². The van der Waals surface area contributed by atoms with Gasteiger partial charge in [0.05, 0.1) is 11.5 Å². The zero-order chi connectivity index (χ0) is 14.0. The predicted octanol–water partition coefficient (Wildman–Crippen LogP) is 2.49. The monoisotopic (exact) mass is 272 g/mol. The van der Waals surface area contributed by atoms with Crippen LogP contribution in [0.15, 0.2) is 24.3 Å². The van der Waals surface area contributed by atoms with Crippen LogP contribution in [0.1, 0.15) is 55.6 Å². The molecule has 0 bridgehead atoms. The van der Waals surface area contributed by atoms with Gasteiger partial charge in [-0.25, -0.2) is 0 Å². The average molecular weight is 272 g/mol. The largest absolute Gasteiger partial charge is 0.349 e. The van der Waals surface area contributed by atoms with Crippen LogP contribution in [0.4, 0.5) is 0 Å². The van der Waals surface area contributed by atoms with Crippen LogP contribution in [0.25, 0.3) is 0 Å². The summed E-state index contributed by atoms with van der Waals surface area (Å²) in [7, 11) is 0. The number of carbonyl (C=O) groups excluding carboxylic acids is 1. The summed E-state index contributed by atoms with van der Waals surface area (Å²) >= 11 is 0. The van der Waals surface area contributed by atoms with Gasteiger partial charge in [0.15, 0.2) is 0 Å². The van der Waals surface area contributed by atoms with Gasteiger partial charge in [0.1, 0.15) is 0 Å². The molecule has 1 aromatic carbocycles. The lowest BCUT2D eigenvalue weighted by Crippen LogP contribution is -2.53. The fraction of sp³-hybridized carbons (Fsp3) is 0.588. The quantitative estimate of drug-likeness (QED) is 0.888. The molecule has 0 saturated heterocycles. The average Bonchev–Trinajstić information content (AvgIpc) is 2.95. The Kier molecular flexibility index (Phi) is 3.79. The molecule has 3 N–H and O–H groups in total. The normalized spacial score (nSPS) is 24.1. The van der Waals surface area contributed by atoms with Crippen molar-refractivity contribution in [3.63, 3.8) is 0 Å². The van der Waals surface area contributed by atoms with Crippen molar-refractivity contribution in [3.05, 3.63) is 35.4 Å². The SMILES string of the molecule is NCC1(NC(=O)C2CCCc3ccccc32)CCCC1. The van der Waals surface area contributed by atoms with Gasteiger partial charge in [-0.15, -0.1) is 0 Å². The van der Waals surface area contributed by atoms with Crippen LogP contribution >= 0.6 is 0 Å². The molecule has 0 aliphatic heterocycles. The molecule has 2 aliphatic rings. The van der Waals surface area contributed by atoms with Gasteiger partial charge in [-0.2, -0.15) is 0 Å². The van der Waals surface area contributed by atoms with Crippen molar-refractivity contribution < 1.29 is 4.79 Å². The summed E-state index contributed by atoms with van der Waals surface area (Å²) < 4.78 is 0. The van der Waals surface area contributed by atoms with Gasteiger partial charge in [0.2, 0.25) is 5.91 Å². The second-order valence-electron chi connectivity index (χ2n) is 6.32. The van der Waals surface area contributed by atoms with Gasteiger partial charge in [0.25, 0.3) is 0 Å². The Labute approximate surface area is 120 Å². The van der Waals surface area contributed by atoms with Crippen LogP contribution in [0.2, 0.25) is 0 Å². The Morgan fingerprint density at radius 2 is 2.00 bits per heavy atom. The van der Waals surface area contributed by atoms with Crippen molar-refractivity contribution in [2.24, 2.45) is 5.73 Å². The van der Waals surface area contributed by atoms with Crippen molar-refractivity contribution in [2.75, 3.05) is 6.54 Å². The minimum absolute atomic E-state index is 0.0176. The molecule has 1 unspecified atom stereocenters. The number of carbonyl (C=O) groups is 1. The Morgan fingerprint density at radius 3 is 2.75 bits per heavy atom. The first-order valence-corrected chi connectivity index (χ1v) is 7.84. The number of nitrogens with two attached hydrogens (primary N) is 1. The van der Waals surface area contributed by atoms with E-state index in [9.17, 15) is 4.79 Å². The molecule has 1 amide bonds. The third-order valence-corrected chi connectivity index (χ3v) is 5.03. The smallest absolute Gasteiger partial charge is 0.228 e. The zero-order valence-electron chi connectivity index (χ0n) is 12.0. The molecule has 3 heteroatoms. The van der Waals surface area contributed by atoms with Gasteiger partial charge in [0, 0.05) is 6.54 Å². The van der Waals surface area contributed by atoms with Gasteiger partial charge in [-0.1, -0.05) is 37.1 Å². The topological polar surface area (TPSA) is 55.1 Å². The molecule has 0 heterocycles. The number of hydrogen-bond donors (Lipinski definition) is 2.